The lowest BCUT2D eigenvalue weighted by atomic mass is 10.2. The first-order valence-electron chi connectivity index (χ1n) is 6.51. The van der Waals surface area contributed by atoms with Crippen molar-refractivity contribution in [3.05, 3.63) is 47.3 Å². The van der Waals surface area contributed by atoms with Crippen LogP contribution < -0.4 is 14.2 Å². The molecule has 0 N–H and O–H groups in total. The van der Waals surface area contributed by atoms with Crippen molar-refractivity contribution in [2.45, 2.75) is 13.1 Å². The molecular weight excluding hydrogens is 315 g/mol. The minimum absolute atomic E-state index is 0.0457. The van der Waals surface area contributed by atoms with Crippen LogP contribution in [0.3, 0.4) is 0 Å². The maximum Gasteiger partial charge on any atom is 0.433 e. The molecular formula is C15H10F3NO4. The van der Waals surface area contributed by atoms with Crippen LogP contribution in [-0.4, -0.2) is 17.7 Å². The fourth-order valence-electron chi connectivity index (χ4n) is 2.04. The highest BCUT2D eigenvalue weighted by Gasteiger charge is 2.33. The topological polar surface area (TPSA) is 57.7 Å². The van der Waals surface area contributed by atoms with Crippen molar-refractivity contribution < 1.29 is 32.2 Å². The van der Waals surface area contributed by atoms with Crippen LogP contribution in [0.5, 0.6) is 17.2 Å². The van der Waals surface area contributed by atoms with E-state index in [1.54, 1.807) is 6.07 Å². The molecule has 0 saturated heterocycles. The van der Waals surface area contributed by atoms with Crippen LogP contribution in [0, 0.1) is 6.92 Å². The van der Waals surface area contributed by atoms with Gasteiger partial charge in [0.15, 0.2) is 11.5 Å². The van der Waals surface area contributed by atoms with E-state index in [-0.39, 0.29) is 23.8 Å². The van der Waals surface area contributed by atoms with Gasteiger partial charge in [0, 0.05) is 6.07 Å². The molecule has 0 bridgehead atoms. The predicted octanol–water partition coefficient (Wildman–Crippen LogP) is 3.36. The van der Waals surface area contributed by atoms with Gasteiger partial charge in [-0.05, 0) is 31.2 Å². The lowest BCUT2D eigenvalue weighted by Gasteiger charge is -2.10. The Labute approximate surface area is 128 Å². The zero-order chi connectivity index (χ0) is 16.6. The Morgan fingerprint density at radius 2 is 1.91 bits per heavy atom. The Kier molecular flexibility index (Phi) is 3.59. The normalized spacial score (nSPS) is 13.0. The van der Waals surface area contributed by atoms with Gasteiger partial charge in [-0.25, -0.2) is 9.78 Å². The molecule has 0 fully saturated rings. The highest BCUT2D eigenvalue weighted by atomic mass is 19.4. The summed E-state index contributed by atoms with van der Waals surface area (Å²) < 4.78 is 53.1. The van der Waals surface area contributed by atoms with E-state index in [1.807, 2.05) is 0 Å². The number of aryl methyl sites for hydroxylation is 1. The molecule has 0 spiro atoms. The molecule has 0 amide bonds. The SMILES string of the molecule is Cc1nc(C(F)(F)F)ccc1C(=O)Oc1ccc2c(c1)OCO2. The zero-order valence-electron chi connectivity index (χ0n) is 11.8. The van der Waals surface area contributed by atoms with E-state index < -0.39 is 17.8 Å². The standard InChI is InChI=1S/C15H10F3NO4/c1-8-10(3-5-13(19-8)15(16,17)18)14(20)23-9-2-4-11-12(6-9)22-7-21-11/h2-6H,7H2,1H3. The number of ether oxygens (including phenoxy) is 3. The molecule has 3 rings (SSSR count). The first kappa shape index (κ1) is 15.1. The lowest BCUT2D eigenvalue weighted by molar-refractivity contribution is -0.141. The molecule has 0 unspecified atom stereocenters. The fraction of sp³-hybridized carbons (Fsp3) is 0.200. The minimum Gasteiger partial charge on any atom is -0.454 e. The Morgan fingerprint density at radius 1 is 1.17 bits per heavy atom. The lowest BCUT2D eigenvalue weighted by Crippen LogP contribution is -2.14. The number of halogens is 3. The minimum atomic E-state index is -4.56. The first-order valence-corrected chi connectivity index (χ1v) is 6.51. The van der Waals surface area contributed by atoms with Crippen molar-refractivity contribution in [3.8, 4) is 17.2 Å². The van der Waals surface area contributed by atoms with E-state index in [1.165, 1.54) is 19.1 Å². The number of pyridine rings is 1. The van der Waals surface area contributed by atoms with Crippen molar-refractivity contribution in [2.75, 3.05) is 6.79 Å². The zero-order valence-corrected chi connectivity index (χ0v) is 11.8. The third kappa shape index (κ3) is 3.05. The number of alkyl halides is 3. The van der Waals surface area contributed by atoms with Crippen LogP contribution in [0.2, 0.25) is 0 Å². The average molecular weight is 325 g/mol. The maximum absolute atomic E-state index is 12.6. The number of hydrogen-bond donors (Lipinski definition) is 0. The summed E-state index contributed by atoms with van der Waals surface area (Å²) in [6, 6.07) is 6.32. The Morgan fingerprint density at radius 3 is 2.61 bits per heavy atom. The van der Waals surface area contributed by atoms with E-state index in [2.05, 4.69) is 4.98 Å². The molecule has 1 aliphatic heterocycles. The van der Waals surface area contributed by atoms with E-state index in [0.717, 1.165) is 12.1 Å². The second-order valence-electron chi connectivity index (χ2n) is 4.73. The third-order valence-corrected chi connectivity index (χ3v) is 3.15. The van der Waals surface area contributed by atoms with Gasteiger partial charge in [0.25, 0.3) is 0 Å². The van der Waals surface area contributed by atoms with Crippen LogP contribution in [0.15, 0.2) is 30.3 Å². The smallest absolute Gasteiger partial charge is 0.433 e. The van der Waals surface area contributed by atoms with Crippen molar-refractivity contribution in [2.24, 2.45) is 0 Å². The summed E-state index contributed by atoms with van der Waals surface area (Å²) in [6.45, 7) is 1.39. The number of nitrogens with zero attached hydrogens (tertiary/aromatic N) is 1. The van der Waals surface area contributed by atoms with Gasteiger partial charge in [-0.1, -0.05) is 0 Å². The summed E-state index contributed by atoms with van der Waals surface area (Å²) >= 11 is 0. The summed E-state index contributed by atoms with van der Waals surface area (Å²) in [6.07, 6.45) is -4.56. The van der Waals surface area contributed by atoms with Gasteiger partial charge >= 0.3 is 12.1 Å². The summed E-state index contributed by atoms with van der Waals surface area (Å²) in [5.41, 5.74) is -1.17. The van der Waals surface area contributed by atoms with Crippen molar-refractivity contribution >= 4 is 5.97 Å². The molecule has 0 radical (unpaired) electrons. The van der Waals surface area contributed by atoms with Crippen molar-refractivity contribution in [1.29, 1.82) is 0 Å². The van der Waals surface area contributed by atoms with Crippen LogP contribution >= 0.6 is 0 Å². The molecule has 2 aromatic rings. The second-order valence-corrected chi connectivity index (χ2v) is 4.73. The highest BCUT2D eigenvalue weighted by molar-refractivity contribution is 5.92. The number of carbonyl (C=O) groups excluding carboxylic acids is 1. The van der Waals surface area contributed by atoms with Gasteiger partial charge in [0.2, 0.25) is 6.79 Å². The van der Waals surface area contributed by atoms with Gasteiger partial charge < -0.3 is 14.2 Å². The monoisotopic (exact) mass is 325 g/mol. The van der Waals surface area contributed by atoms with Gasteiger partial charge in [0.1, 0.15) is 11.4 Å². The van der Waals surface area contributed by atoms with E-state index in [4.69, 9.17) is 14.2 Å². The predicted molar refractivity (Wildman–Crippen MR) is 71.5 cm³/mol. The number of carbonyl (C=O) groups is 1. The number of esters is 1. The van der Waals surface area contributed by atoms with Crippen LogP contribution in [0.4, 0.5) is 13.2 Å². The molecule has 0 aliphatic carbocycles. The van der Waals surface area contributed by atoms with Gasteiger partial charge in [-0.2, -0.15) is 13.2 Å². The van der Waals surface area contributed by atoms with E-state index >= 15 is 0 Å². The molecule has 1 aromatic carbocycles. The fourth-order valence-corrected chi connectivity index (χ4v) is 2.04. The van der Waals surface area contributed by atoms with Crippen LogP contribution in [0.1, 0.15) is 21.7 Å². The number of benzene rings is 1. The largest absolute Gasteiger partial charge is 0.454 e. The molecule has 23 heavy (non-hydrogen) atoms. The van der Waals surface area contributed by atoms with E-state index in [0.29, 0.717) is 11.5 Å². The molecule has 1 aliphatic rings. The Balaban J connectivity index is 1.81. The Hall–Kier alpha value is -2.77. The van der Waals surface area contributed by atoms with Gasteiger partial charge in [-0.3, -0.25) is 0 Å². The summed E-state index contributed by atoms with van der Waals surface area (Å²) in [5, 5.41) is 0. The average Bonchev–Trinajstić information content (AvgIpc) is 2.93. The number of aromatic nitrogens is 1. The molecule has 0 atom stereocenters. The molecule has 2 heterocycles. The van der Waals surface area contributed by atoms with E-state index in [9.17, 15) is 18.0 Å². The Bertz CT molecular complexity index is 774. The molecule has 0 saturated carbocycles. The molecule has 1 aromatic heterocycles. The molecule has 120 valence electrons. The number of rotatable bonds is 2. The number of fused-ring (bicyclic) bond motifs is 1. The van der Waals surface area contributed by atoms with Crippen LogP contribution in [-0.2, 0) is 6.18 Å². The second kappa shape index (κ2) is 5.45. The number of hydrogen-bond acceptors (Lipinski definition) is 5. The maximum atomic E-state index is 12.6. The highest BCUT2D eigenvalue weighted by Crippen LogP contribution is 2.35. The molecule has 8 heteroatoms. The summed E-state index contributed by atoms with van der Waals surface area (Å²) in [5.74, 6) is 0.343. The summed E-state index contributed by atoms with van der Waals surface area (Å²) in [7, 11) is 0. The molecule has 5 nitrogen and oxygen atoms in total. The quantitative estimate of drug-likeness (QED) is 0.626. The van der Waals surface area contributed by atoms with Crippen molar-refractivity contribution in [1.82, 2.24) is 4.98 Å². The van der Waals surface area contributed by atoms with Gasteiger partial charge in [-0.15, -0.1) is 0 Å². The first-order chi connectivity index (χ1) is 10.8. The van der Waals surface area contributed by atoms with Gasteiger partial charge in [0.05, 0.1) is 11.3 Å². The summed E-state index contributed by atoms with van der Waals surface area (Å²) in [4.78, 5) is 15.5. The van der Waals surface area contributed by atoms with Crippen molar-refractivity contribution in [3.63, 3.8) is 0 Å². The van der Waals surface area contributed by atoms with Crippen LogP contribution in [0.25, 0.3) is 0 Å². The third-order valence-electron chi connectivity index (χ3n) is 3.15.